The zero-order valence-corrected chi connectivity index (χ0v) is 19.6. The number of thioether (sulfide) groups is 1. The Labute approximate surface area is 187 Å². The fourth-order valence-corrected chi connectivity index (χ4v) is 3.84. The van der Waals surface area contributed by atoms with E-state index in [1.165, 1.54) is 11.8 Å². The van der Waals surface area contributed by atoms with E-state index in [2.05, 4.69) is 46.6 Å². The zero-order valence-electron chi connectivity index (χ0n) is 18.8. The molecule has 3 aromatic rings. The number of H-pyrrole nitrogens is 1. The van der Waals surface area contributed by atoms with Crippen LogP contribution in [0.3, 0.4) is 0 Å². The summed E-state index contributed by atoms with van der Waals surface area (Å²) in [6.07, 6.45) is 3.67. The molecule has 0 atom stereocenters. The third-order valence-corrected chi connectivity index (χ3v) is 5.86. The summed E-state index contributed by atoms with van der Waals surface area (Å²) in [6, 6.07) is 9.63. The first-order valence-electron chi connectivity index (χ1n) is 10.0. The smallest absolute Gasteiger partial charge is 0.265 e. The molecule has 1 amide bonds. The lowest BCUT2D eigenvalue weighted by Crippen LogP contribution is -2.20. The molecule has 0 saturated carbocycles. The molecule has 0 aliphatic rings. The number of hydrogen-bond acceptors (Lipinski definition) is 6. The van der Waals surface area contributed by atoms with E-state index in [1.807, 2.05) is 43.5 Å². The second-order valence-corrected chi connectivity index (χ2v) is 9.02. The quantitative estimate of drug-likeness (QED) is 0.467. The minimum Gasteiger partial charge on any atom is -0.496 e. The monoisotopic (exact) mass is 439 g/mol. The topological polar surface area (TPSA) is 91.9 Å². The number of fused-ring (bicyclic) bond motifs is 1. The van der Waals surface area contributed by atoms with Crippen LogP contribution in [-0.2, 0) is 16.8 Å². The molecule has 0 radical (unpaired) electrons. The van der Waals surface area contributed by atoms with Gasteiger partial charge in [-0.25, -0.2) is 0 Å². The fraction of sp³-hybridized carbons (Fsp3) is 0.348. The minimum absolute atomic E-state index is 0.0694. The Morgan fingerprint density at radius 1 is 1.26 bits per heavy atom. The lowest BCUT2D eigenvalue weighted by Gasteiger charge is -2.15. The summed E-state index contributed by atoms with van der Waals surface area (Å²) in [4.78, 5) is 17.9. The summed E-state index contributed by atoms with van der Waals surface area (Å²) in [5, 5.41) is 14.4. The van der Waals surface area contributed by atoms with Crippen LogP contribution in [0.15, 0.2) is 47.1 Å². The standard InChI is InChI=1S/C23H29N5O2S/c1-14(21(31-6)22(29)26-19-12-18(27-28-19)23(2,3)4)25-13-15-10-11-24-16-8-7-9-17(30-5)20(15)16/h7-12,25H,13H2,1-6H3,(H2,26,27,28,29)/b21-14+. The number of methoxy groups -OCH3 is 1. The Bertz CT molecular complexity index is 1110. The van der Waals surface area contributed by atoms with Gasteiger partial charge >= 0.3 is 0 Å². The SMILES string of the molecule is COc1cccc2nccc(CN/C(C)=C(/SC)C(=O)Nc3cc(C(C)(C)C)[nH]n3)c12. The second-order valence-electron chi connectivity index (χ2n) is 8.21. The summed E-state index contributed by atoms with van der Waals surface area (Å²) in [6.45, 7) is 8.71. The molecule has 8 heteroatoms. The van der Waals surface area contributed by atoms with Gasteiger partial charge in [-0.3, -0.25) is 14.9 Å². The highest BCUT2D eigenvalue weighted by atomic mass is 32.2. The number of rotatable bonds is 7. The summed E-state index contributed by atoms with van der Waals surface area (Å²) >= 11 is 1.39. The van der Waals surface area contributed by atoms with Crippen LogP contribution < -0.4 is 15.4 Å². The van der Waals surface area contributed by atoms with Crippen LogP contribution in [0.1, 0.15) is 39.0 Å². The number of anilines is 1. The fourth-order valence-electron chi connectivity index (χ4n) is 3.23. The number of pyridine rings is 1. The molecule has 3 N–H and O–H groups in total. The van der Waals surface area contributed by atoms with Crippen molar-refractivity contribution in [3.8, 4) is 5.75 Å². The van der Waals surface area contributed by atoms with Crippen molar-refractivity contribution in [2.45, 2.75) is 39.7 Å². The second kappa shape index (κ2) is 9.43. The summed E-state index contributed by atoms with van der Waals surface area (Å²) in [5.41, 5.74) is 3.60. The van der Waals surface area contributed by atoms with Crippen molar-refractivity contribution in [2.75, 3.05) is 18.7 Å². The first-order valence-corrected chi connectivity index (χ1v) is 11.2. The Balaban J connectivity index is 1.78. The van der Waals surface area contributed by atoms with Gasteiger partial charge in [-0.15, -0.1) is 11.8 Å². The first-order chi connectivity index (χ1) is 14.7. The molecule has 164 valence electrons. The Morgan fingerprint density at radius 2 is 2.03 bits per heavy atom. The van der Waals surface area contributed by atoms with Gasteiger partial charge in [-0.2, -0.15) is 5.10 Å². The van der Waals surface area contributed by atoms with Gasteiger partial charge in [0, 0.05) is 41.0 Å². The van der Waals surface area contributed by atoms with Crippen LogP contribution in [0.25, 0.3) is 10.9 Å². The normalized spacial score (nSPS) is 12.5. The maximum atomic E-state index is 12.9. The Hall–Kier alpha value is -3.00. The van der Waals surface area contributed by atoms with Crippen LogP contribution in [0.2, 0.25) is 0 Å². The Morgan fingerprint density at radius 3 is 2.68 bits per heavy atom. The number of allylic oxidation sites excluding steroid dienone is 1. The van der Waals surface area contributed by atoms with Crippen molar-refractivity contribution in [2.24, 2.45) is 0 Å². The first kappa shape index (κ1) is 22.7. The minimum atomic E-state index is -0.193. The van der Waals surface area contributed by atoms with Gasteiger partial charge < -0.3 is 15.4 Å². The van der Waals surface area contributed by atoms with Crippen LogP contribution >= 0.6 is 11.8 Å². The van der Waals surface area contributed by atoms with Crippen molar-refractivity contribution in [1.82, 2.24) is 20.5 Å². The molecule has 2 heterocycles. The Kier molecular flexibility index (Phi) is 6.90. The van der Waals surface area contributed by atoms with Gasteiger partial charge in [0.25, 0.3) is 5.91 Å². The van der Waals surface area contributed by atoms with Crippen molar-refractivity contribution < 1.29 is 9.53 Å². The van der Waals surface area contributed by atoms with E-state index >= 15 is 0 Å². The largest absolute Gasteiger partial charge is 0.496 e. The van der Waals surface area contributed by atoms with Crippen LogP contribution in [0, 0.1) is 0 Å². The number of amides is 1. The van der Waals surface area contributed by atoms with Crippen LogP contribution in [-0.4, -0.2) is 34.5 Å². The highest BCUT2D eigenvalue weighted by Crippen LogP contribution is 2.28. The van der Waals surface area contributed by atoms with E-state index < -0.39 is 0 Å². The summed E-state index contributed by atoms with van der Waals surface area (Å²) in [5.74, 6) is 1.10. The highest BCUT2D eigenvalue weighted by molar-refractivity contribution is 8.03. The number of aromatic amines is 1. The summed E-state index contributed by atoms with van der Waals surface area (Å²) < 4.78 is 5.52. The van der Waals surface area contributed by atoms with E-state index in [0.717, 1.165) is 33.6 Å². The van der Waals surface area contributed by atoms with Crippen molar-refractivity contribution in [3.05, 3.63) is 58.4 Å². The molecule has 1 aromatic carbocycles. The molecule has 0 fully saturated rings. The molecule has 0 bridgehead atoms. The molecule has 2 aromatic heterocycles. The van der Waals surface area contributed by atoms with E-state index in [9.17, 15) is 4.79 Å². The van der Waals surface area contributed by atoms with E-state index in [0.29, 0.717) is 17.3 Å². The molecule has 7 nitrogen and oxygen atoms in total. The molecule has 0 aliphatic heterocycles. The maximum absolute atomic E-state index is 12.9. The predicted molar refractivity (Wildman–Crippen MR) is 127 cm³/mol. The lowest BCUT2D eigenvalue weighted by molar-refractivity contribution is -0.112. The van der Waals surface area contributed by atoms with E-state index in [-0.39, 0.29) is 11.3 Å². The molecular weight excluding hydrogens is 410 g/mol. The van der Waals surface area contributed by atoms with E-state index in [4.69, 9.17) is 4.74 Å². The third-order valence-electron chi connectivity index (χ3n) is 4.96. The molecule has 0 saturated heterocycles. The molecule has 3 rings (SSSR count). The zero-order chi connectivity index (χ0) is 22.6. The third kappa shape index (κ3) is 5.19. The molecular formula is C23H29N5O2S. The average Bonchev–Trinajstić information content (AvgIpc) is 3.21. The van der Waals surface area contributed by atoms with Gasteiger partial charge in [0.1, 0.15) is 5.75 Å². The number of nitrogens with zero attached hydrogens (tertiary/aromatic N) is 2. The molecule has 0 aliphatic carbocycles. The van der Waals surface area contributed by atoms with Crippen molar-refractivity contribution >= 4 is 34.4 Å². The van der Waals surface area contributed by atoms with Crippen LogP contribution in [0.5, 0.6) is 5.75 Å². The molecule has 0 spiro atoms. The van der Waals surface area contributed by atoms with Gasteiger partial charge in [0.2, 0.25) is 0 Å². The maximum Gasteiger partial charge on any atom is 0.265 e. The predicted octanol–water partition coefficient (Wildman–Crippen LogP) is 4.59. The van der Waals surface area contributed by atoms with Gasteiger partial charge in [-0.1, -0.05) is 26.8 Å². The number of benzene rings is 1. The lowest BCUT2D eigenvalue weighted by atomic mass is 9.92. The van der Waals surface area contributed by atoms with Crippen molar-refractivity contribution in [3.63, 3.8) is 0 Å². The number of nitrogens with one attached hydrogen (secondary N) is 3. The number of carbonyl (C=O) groups is 1. The van der Waals surface area contributed by atoms with Gasteiger partial charge in [-0.05, 0) is 36.9 Å². The number of ether oxygens (including phenoxy) is 1. The molecule has 0 unspecified atom stereocenters. The number of hydrogen-bond donors (Lipinski definition) is 3. The average molecular weight is 440 g/mol. The van der Waals surface area contributed by atoms with Crippen molar-refractivity contribution in [1.29, 1.82) is 0 Å². The number of carbonyl (C=O) groups excluding carboxylic acids is 1. The highest BCUT2D eigenvalue weighted by Gasteiger charge is 2.19. The van der Waals surface area contributed by atoms with E-state index in [1.54, 1.807) is 13.3 Å². The molecule has 31 heavy (non-hydrogen) atoms. The van der Waals surface area contributed by atoms with Gasteiger partial charge in [0.05, 0.1) is 17.5 Å². The summed E-state index contributed by atoms with van der Waals surface area (Å²) in [7, 11) is 1.65. The number of aromatic nitrogens is 3. The van der Waals surface area contributed by atoms with Crippen LogP contribution in [0.4, 0.5) is 5.82 Å². The van der Waals surface area contributed by atoms with Gasteiger partial charge in [0.15, 0.2) is 5.82 Å².